The Morgan fingerprint density at radius 3 is 2.70 bits per heavy atom. The summed E-state index contributed by atoms with van der Waals surface area (Å²) in [5.74, 6) is -0.445. The van der Waals surface area contributed by atoms with Crippen LogP contribution in [0.1, 0.15) is 10.4 Å². The smallest absolute Gasteiger partial charge is 0.261 e. The van der Waals surface area contributed by atoms with Gasteiger partial charge in [-0.3, -0.25) is 9.36 Å². The fraction of sp³-hybridized carbons (Fsp3) is 0.0667. The van der Waals surface area contributed by atoms with Crippen LogP contribution in [0.3, 0.4) is 0 Å². The van der Waals surface area contributed by atoms with Gasteiger partial charge in [0.25, 0.3) is 5.91 Å². The van der Waals surface area contributed by atoms with Gasteiger partial charge in [-0.1, -0.05) is 18.2 Å². The Bertz CT molecular complexity index is 778. The molecule has 0 radical (unpaired) electrons. The number of benzene rings is 1. The van der Waals surface area contributed by atoms with Crippen molar-refractivity contribution >= 4 is 22.6 Å². The van der Waals surface area contributed by atoms with E-state index >= 15 is 0 Å². The fourth-order valence-electron chi connectivity index (χ4n) is 2.19. The highest BCUT2D eigenvalue weighted by Gasteiger charge is 2.21. The summed E-state index contributed by atoms with van der Waals surface area (Å²) in [5.41, 5.74) is 1.49. The number of aryl methyl sites for hydroxylation is 1. The average molecular weight is 267 g/mol. The number of fused-ring (bicyclic) bond motifs is 1. The molecule has 2 N–H and O–H groups in total. The van der Waals surface area contributed by atoms with E-state index in [1.807, 2.05) is 18.2 Å². The lowest BCUT2D eigenvalue weighted by atomic mass is 10.2. The van der Waals surface area contributed by atoms with Crippen molar-refractivity contribution in [3.8, 4) is 5.88 Å². The molecule has 5 nitrogen and oxygen atoms in total. The molecule has 0 atom stereocenters. The first-order chi connectivity index (χ1) is 9.68. The lowest BCUT2D eigenvalue weighted by molar-refractivity contribution is 0.102. The van der Waals surface area contributed by atoms with Gasteiger partial charge in [0.05, 0.1) is 0 Å². The lowest BCUT2D eigenvalue weighted by Gasteiger charge is -2.04. The van der Waals surface area contributed by atoms with E-state index in [0.29, 0.717) is 16.7 Å². The maximum atomic E-state index is 12.4. The van der Waals surface area contributed by atoms with Gasteiger partial charge in [0, 0.05) is 24.3 Å². The van der Waals surface area contributed by atoms with Crippen LogP contribution in [0.25, 0.3) is 11.0 Å². The number of amides is 1. The fourth-order valence-corrected chi connectivity index (χ4v) is 2.19. The first kappa shape index (κ1) is 12.2. The summed E-state index contributed by atoms with van der Waals surface area (Å²) in [5, 5.41) is 13.5. The van der Waals surface area contributed by atoms with Crippen LogP contribution in [-0.2, 0) is 7.05 Å². The molecule has 2 aromatic heterocycles. The number of anilines is 1. The standard InChI is InChI=1S/C15H13N3O2/c1-18-13-11(8-5-9-16-13)12(15(18)20)14(19)17-10-6-3-2-4-7-10/h2-9,20H,1H3,(H,17,19). The number of nitrogens with one attached hydrogen (secondary N) is 1. The SMILES string of the molecule is Cn1c(O)c(C(=O)Nc2ccccc2)c2cccnc21. The van der Waals surface area contributed by atoms with E-state index in [1.54, 1.807) is 37.5 Å². The van der Waals surface area contributed by atoms with Gasteiger partial charge >= 0.3 is 0 Å². The number of aromatic hydroxyl groups is 1. The summed E-state index contributed by atoms with van der Waals surface area (Å²) >= 11 is 0. The third-order valence-electron chi connectivity index (χ3n) is 3.17. The first-order valence-electron chi connectivity index (χ1n) is 6.17. The van der Waals surface area contributed by atoms with E-state index in [4.69, 9.17) is 0 Å². The van der Waals surface area contributed by atoms with Gasteiger partial charge < -0.3 is 10.4 Å². The van der Waals surface area contributed by atoms with Gasteiger partial charge in [0.1, 0.15) is 11.2 Å². The van der Waals surface area contributed by atoms with Crippen LogP contribution in [-0.4, -0.2) is 20.6 Å². The molecule has 0 aliphatic rings. The highest BCUT2D eigenvalue weighted by atomic mass is 16.3. The monoisotopic (exact) mass is 267 g/mol. The van der Waals surface area contributed by atoms with E-state index in [1.165, 1.54) is 4.57 Å². The van der Waals surface area contributed by atoms with Crippen molar-refractivity contribution in [1.29, 1.82) is 0 Å². The Hall–Kier alpha value is -2.82. The molecule has 0 aliphatic heterocycles. The van der Waals surface area contributed by atoms with Crippen molar-refractivity contribution in [3.63, 3.8) is 0 Å². The van der Waals surface area contributed by atoms with E-state index < -0.39 is 0 Å². The molecule has 100 valence electrons. The van der Waals surface area contributed by atoms with Crippen molar-refractivity contribution in [2.24, 2.45) is 7.05 Å². The molecule has 0 spiro atoms. The molecule has 3 aromatic rings. The minimum Gasteiger partial charge on any atom is -0.494 e. The van der Waals surface area contributed by atoms with Crippen molar-refractivity contribution in [1.82, 2.24) is 9.55 Å². The Morgan fingerprint density at radius 1 is 1.20 bits per heavy atom. The van der Waals surface area contributed by atoms with Gasteiger partial charge in [-0.2, -0.15) is 0 Å². The van der Waals surface area contributed by atoms with Crippen LogP contribution in [0.2, 0.25) is 0 Å². The number of aromatic nitrogens is 2. The minimum absolute atomic E-state index is 0.0906. The molecule has 3 rings (SSSR count). The quantitative estimate of drug-likeness (QED) is 0.749. The predicted octanol–water partition coefficient (Wildman–Crippen LogP) is 2.53. The van der Waals surface area contributed by atoms with E-state index in [9.17, 15) is 9.90 Å². The van der Waals surface area contributed by atoms with Gasteiger partial charge in [-0.25, -0.2) is 4.98 Å². The van der Waals surface area contributed by atoms with Crippen LogP contribution in [0.4, 0.5) is 5.69 Å². The number of carbonyl (C=O) groups excluding carboxylic acids is 1. The Kier molecular flexibility index (Phi) is 2.87. The van der Waals surface area contributed by atoms with Gasteiger partial charge in [-0.05, 0) is 24.3 Å². The molecular weight excluding hydrogens is 254 g/mol. The molecule has 0 saturated heterocycles. The van der Waals surface area contributed by atoms with Crippen LogP contribution in [0.15, 0.2) is 48.7 Å². The third kappa shape index (κ3) is 1.89. The molecule has 0 unspecified atom stereocenters. The number of carbonyl (C=O) groups is 1. The normalized spacial score (nSPS) is 10.7. The summed E-state index contributed by atoms with van der Waals surface area (Å²) in [6.07, 6.45) is 1.63. The maximum absolute atomic E-state index is 12.4. The van der Waals surface area contributed by atoms with Crippen molar-refractivity contribution in [2.45, 2.75) is 0 Å². The van der Waals surface area contributed by atoms with Gasteiger partial charge in [0.2, 0.25) is 5.88 Å². The van der Waals surface area contributed by atoms with Gasteiger partial charge in [0.15, 0.2) is 0 Å². The van der Waals surface area contributed by atoms with Gasteiger partial charge in [-0.15, -0.1) is 0 Å². The summed E-state index contributed by atoms with van der Waals surface area (Å²) in [4.78, 5) is 16.5. The number of para-hydroxylation sites is 1. The summed E-state index contributed by atoms with van der Waals surface area (Å²) in [6.45, 7) is 0. The first-order valence-corrected chi connectivity index (χ1v) is 6.17. The second kappa shape index (κ2) is 4.70. The number of nitrogens with zero attached hydrogens (tertiary/aromatic N) is 2. The number of rotatable bonds is 2. The average Bonchev–Trinajstić information content (AvgIpc) is 2.72. The van der Waals surface area contributed by atoms with Crippen molar-refractivity contribution < 1.29 is 9.90 Å². The molecule has 1 aromatic carbocycles. The Labute approximate surface area is 115 Å². The minimum atomic E-state index is -0.354. The molecule has 20 heavy (non-hydrogen) atoms. The maximum Gasteiger partial charge on any atom is 0.261 e. The topological polar surface area (TPSA) is 67.2 Å². The third-order valence-corrected chi connectivity index (χ3v) is 3.17. The zero-order valence-corrected chi connectivity index (χ0v) is 10.9. The molecule has 1 amide bonds. The van der Waals surface area contributed by atoms with Crippen LogP contribution in [0.5, 0.6) is 5.88 Å². The molecule has 0 aliphatic carbocycles. The van der Waals surface area contributed by atoms with Crippen molar-refractivity contribution in [3.05, 3.63) is 54.2 Å². The summed E-state index contributed by atoms with van der Waals surface area (Å²) in [7, 11) is 1.67. The van der Waals surface area contributed by atoms with Crippen molar-refractivity contribution in [2.75, 3.05) is 5.32 Å². The molecule has 0 bridgehead atoms. The summed E-state index contributed by atoms with van der Waals surface area (Å²) < 4.78 is 1.50. The predicted molar refractivity (Wildman–Crippen MR) is 76.8 cm³/mol. The van der Waals surface area contributed by atoms with E-state index in [0.717, 1.165) is 0 Å². The zero-order valence-electron chi connectivity index (χ0n) is 10.9. The Balaban J connectivity index is 2.06. The molecule has 2 heterocycles. The Morgan fingerprint density at radius 2 is 1.95 bits per heavy atom. The second-order valence-electron chi connectivity index (χ2n) is 4.45. The largest absolute Gasteiger partial charge is 0.494 e. The number of hydrogen-bond acceptors (Lipinski definition) is 3. The second-order valence-corrected chi connectivity index (χ2v) is 4.45. The van der Waals surface area contributed by atoms with Crippen LogP contribution >= 0.6 is 0 Å². The zero-order chi connectivity index (χ0) is 14.1. The number of hydrogen-bond donors (Lipinski definition) is 2. The lowest BCUT2D eigenvalue weighted by Crippen LogP contribution is -2.11. The highest BCUT2D eigenvalue weighted by Crippen LogP contribution is 2.29. The van der Waals surface area contributed by atoms with E-state index in [2.05, 4.69) is 10.3 Å². The van der Waals surface area contributed by atoms with Crippen LogP contribution in [0, 0.1) is 0 Å². The molecular formula is C15H13N3O2. The molecule has 0 saturated carbocycles. The van der Waals surface area contributed by atoms with Crippen LogP contribution < -0.4 is 5.32 Å². The van der Waals surface area contributed by atoms with E-state index in [-0.39, 0.29) is 17.4 Å². The molecule has 5 heteroatoms. The summed E-state index contributed by atoms with van der Waals surface area (Å²) in [6, 6.07) is 12.6. The highest BCUT2D eigenvalue weighted by molar-refractivity contribution is 6.14. The number of pyridine rings is 1. The molecule has 0 fully saturated rings.